The maximum absolute atomic E-state index is 12.9. The van der Waals surface area contributed by atoms with Gasteiger partial charge in [0, 0.05) is 37.9 Å². The molecule has 0 bridgehead atoms. The highest BCUT2D eigenvalue weighted by molar-refractivity contribution is 7.11. The van der Waals surface area contributed by atoms with Crippen molar-refractivity contribution in [2.45, 2.75) is 45.2 Å². The molecule has 1 saturated carbocycles. The number of rotatable bonds is 4. The molecule has 152 valence electrons. The molecule has 1 aliphatic carbocycles. The Bertz CT molecular complexity index is 1060. The number of hydrogen-bond donors (Lipinski definition) is 0. The third kappa shape index (κ3) is 3.79. The summed E-state index contributed by atoms with van der Waals surface area (Å²) in [6, 6.07) is 6.43. The van der Waals surface area contributed by atoms with Gasteiger partial charge in [-0.05, 0) is 38.0 Å². The van der Waals surface area contributed by atoms with Crippen LogP contribution in [0.5, 0.6) is 0 Å². The zero-order valence-corrected chi connectivity index (χ0v) is 17.6. The minimum Gasteiger partial charge on any atom is -0.369 e. The van der Waals surface area contributed by atoms with Crippen LogP contribution in [0.1, 0.15) is 41.7 Å². The molecular formula is C21H26N6OS. The SMILES string of the molecule is Cc1nnc(CN2CCN(c3ccc4c(=O)n(C5CCCC5)cnc4c3)CC2)s1. The summed E-state index contributed by atoms with van der Waals surface area (Å²) in [5.41, 5.74) is 2.05. The highest BCUT2D eigenvalue weighted by Gasteiger charge is 2.21. The van der Waals surface area contributed by atoms with E-state index in [1.54, 1.807) is 17.7 Å². The Morgan fingerprint density at radius 2 is 1.90 bits per heavy atom. The highest BCUT2D eigenvalue weighted by Crippen LogP contribution is 2.28. The second kappa shape index (κ2) is 7.84. The van der Waals surface area contributed by atoms with Crippen LogP contribution in [0.2, 0.25) is 0 Å². The van der Waals surface area contributed by atoms with E-state index in [9.17, 15) is 4.79 Å². The quantitative estimate of drug-likeness (QED) is 0.659. The smallest absolute Gasteiger partial charge is 0.261 e. The highest BCUT2D eigenvalue weighted by atomic mass is 32.1. The van der Waals surface area contributed by atoms with Crippen LogP contribution < -0.4 is 10.5 Å². The number of benzene rings is 1. The number of aromatic nitrogens is 4. The van der Waals surface area contributed by atoms with E-state index < -0.39 is 0 Å². The number of anilines is 1. The Labute approximate surface area is 174 Å². The van der Waals surface area contributed by atoms with Crippen molar-refractivity contribution in [1.29, 1.82) is 0 Å². The van der Waals surface area contributed by atoms with Crippen LogP contribution in [0.15, 0.2) is 29.3 Å². The summed E-state index contributed by atoms with van der Waals surface area (Å²) in [4.78, 5) is 22.3. The Hall–Kier alpha value is -2.32. The molecule has 8 heteroatoms. The third-order valence-electron chi connectivity index (χ3n) is 6.15. The summed E-state index contributed by atoms with van der Waals surface area (Å²) < 4.78 is 1.85. The second-order valence-electron chi connectivity index (χ2n) is 8.07. The number of nitrogens with zero attached hydrogens (tertiary/aromatic N) is 6. The third-order valence-corrected chi connectivity index (χ3v) is 6.97. The van der Waals surface area contributed by atoms with Crippen LogP contribution in [0.3, 0.4) is 0 Å². The van der Waals surface area contributed by atoms with Crippen molar-refractivity contribution in [3.8, 4) is 0 Å². The van der Waals surface area contributed by atoms with Crippen molar-refractivity contribution in [3.63, 3.8) is 0 Å². The number of fused-ring (bicyclic) bond motifs is 1. The molecule has 1 aromatic carbocycles. The normalized spacial score (nSPS) is 18.7. The van der Waals surface area contributed by atoms with E-state index in [2.05, 4.69) is 37.1 Å². The molecule has 2 fully saturated rings. The lowest BCUT2D eigenvalue weighted by Gasteiger charge is -2.35. The van der Waals surface area contributed by atoms with Crippen molar-refractivity contribution in [3.05, 3.63) is 44.9 Å². The second-order valence-corrected chi connectivity index (χ2v) is 9.34. The molecule has 0 atom stereocenters. The lowest BCUT2D eigenvalue weighted by atomic mass is 10.1. The zero-order valence-electron chi connectivity index (χ0n) is 16.8. The van der Waals surface area contributed by atoms with Crippen LogP contribution in [-0.4, -0.2) is 50.8 Å². The first kappa shape index (κ1) is 18.7. The molecular weight excluding hydrogens is 384 g/mol. The summed E-state index contributed by atoms with van der Waals surface area (Å²) in [6.45, 7) is 6.78. The molecule has 2 aromatic heterocycles. The molecule has 1 saturated heterocycles. The zero-order chi connectivity index (χ0) is 19.8. The fourth-order valence-corrected chi connectivity index (χ4v) is 5.27. The van der Waals surface area contributed by atoms with Gasteiger partial charge in [0.1, 0.15) is 10.0 Å². The van der Waals surface area contributed by atoms with Crippen LogP contribution >= 0.6 is 11.3 Å². The fraction of sp³-hybridized carbons (Fsp3) is 0.524. The standard InChI is InChI=1S/C21H26N6OS/c1-15-23-24-20(29-15)13-25-8-10-26(11-9-25)17-6-7-18-19(12-17)22-14-27(21(18)28)16-4-2-3-5-16/h6-7,12,14,16H,2-5,8-11,13H2,1H3. The molecule has 29 heavy (non-hydrogen) atoms. The van der Waals surface area contributed by atoms with Gasteiger partial charge < -0.3 is 4.90 Å². The molecule has 1 aliphatic heterocycles. The number of piperazine rings is 1. The van der Waals surface area contributed by atoms with Crippen molar-refractivity contribution in [2.75, 3.05) is 31.1 Å². The van der Waals surface area contributed by atoms with E-state index in [-0.39, 0.29) is 5.56 Å². The molecule has 0 unspecified atom stereocenters. The topological polar surface area (TPSA) is 67.2 Å². The van der Waals surface area contributed by atoms with E-state index >= 15 is 0 Å². The Balaban J connectivity index is 1.29. The maximum Gasteiger partial charge on any atom is 0.261 e. The van der Waals surface area contributed by atoms with Gasteiger partial charge in [-0.1, -0.05) is 12.8 Å². The summed E-state index contributed by atoms with van der Waals surface area (Å²) in [6.07, 6.45) is 6.35. The van der Waals surface area contributed by atoms with E-state index in [1.165, 1.54) is 12.8 Å². The summed E-state index contributed by atoms with van der Waals surface area (Å²) in [5, 5.41) is 11.2. The van der Waals surface area contributed by atoms with E-state index in [0.29, 0.717) is 6.04 Å². The van der Waals surface area contributed by atoms with Gasteiger partial charge >= 0.3 is 0 Å². The lowest BCUT2D eigenvalue weighted by molar-refractivity contribution is 0.249. The Morgan fingerprint density at radius 3 is 2.62 bits per heavy atom. The maximum atomic E-state index is 12.9. The van der Waals surface area contributed by atoms with Crippen molar-refractivity contribution in [2.24, 2.45) is 0 Å². The Kier molecular flexibility index (Phi) is 5.05. The van der Waals surface area contributed by atoms with Gasteiger partial charge in [-0.3, -0.25) is 14.3 Å². The summed E-state index contributed by atoms with van der Waals surface area (Å²) in [5.74, 6) is 0. The minimum atomic E-state index is 0.102. The molecule has 0 spiro atoms. The number of hydrogen-bond acceptors (Lipinski definition) is 7. The minimum absolute atomic E-state index is 0.102. The molecule has 3 aromatic rings. The van der Waals surface area contributed by atoms with Gasteiger partial charge in [-0.2, -0.15) is 0 Å². The first-order valence-electron chi connectivity index (χ1n) is 10.4. The van der Waals surface area contributed by atoms with Crippen LogP contribution in [0.25, 0.3) is 10.9 Å². The molecule has 0 N–H and O–H groups in total. The Morgan fingerprint density at radius 1 is 1.10 bits per heavy atom. The van der Waals surface area contributed by atoms with E-state index in [0.717, 1.165) is 72.2 Å². The van der Waals surface area contributed by atoms with E-state index in [1.807, 2.05) is 17.6 Å². The van der Waals surface area contributed by atoms with Gasteiger partial charge in [-0.25, -0.2) is 4.98 Å². The van der Waals surface area contributed by atoms with Crippen molar-refractivity contribution >= 4 is 27.9 Å². The first-order valence-corrected chi connectivity index (χ1v) is 11.3. The summed E-state index contributed by atoms with van der Waals surface area (Å²) in [7, 11) is 0. The predicted octanol–water partition coefficient (Wildman–Crippen LogP) is 2.99. The monoisotopic (exact) mass is 410 g/mol. The van der Waals surface area contributed by atoms with E-state index in [4.69, 9.17) is 0 Å². The fourth-order valence-electron chi connectivity index (χ4n) is 4.52. The molecule has 2 aliphatic rings. The molecule has 5 rings (SSSR count). The van der Waals surface area contributed by atoms with Gasteiger partial charge in [0.05, 0.1) is 23.8 Å². The van der Waals surface area contributed by atoms with Crippen LogP contribution in [0.4, 0.5) is 5.69 Å². The van der Waals surface area contributed by atoms with Crippen molar-refractivity contribution in [1.82, 2.24) is 24.6 Å². The molecule has 0 amide bonds. The van der Waals surface area contributed by atoms with Gasteiger partial charge in [0.25, 0.3) is 5.56 Å². The largest absolute Gasteiger partial charge is 0.369 e. The average Bonchev–Trinajstić information content (AvgIpc) is 3.41. The van der Waals surface area contributed by atoms with Gasteiger partial charge in [0.2, 0.25) is 0 Å². The first-order chi connectivity index (χ1) is 14.2. The van der Waals surface area contributed by atoms with Crippen LogP contribution in [0, 0.1) is 6.92 Å². The molecule has 3 heterocycles. The van der Waals surface area contributed by atoms with Crippen molar-refractivity contribution < 1.29 is 0 Å². The summed E-state index contributed by atoms with van der Waals surface area (Å²) >= 11 is 1.67. The predicted molar refractivity (Wildman–Crippen MR) is 116 cm³/mol. The molecule has 7 nitrogen and oxygen atoms in total. The van der Waals surface area contributed by atoms with Gasteiger partial charge in [-0.15, -0.1) is 21.5 Å². The van der Waals surface area contributed by atoms with Gasteiger partial charge in [0.15, 0.2) is 0 Å². The average molecular weight is 411 g/mol. The lowest BCUT2D eigenvalue weighted by Crippen LogP contribution is -2.46. The number of aryl methyl sites for hydroxylation is 1. The van der Waals surface area contributed by atoms with Crippen LogP contribution in [-0.2, 0) is 6.54 Å². The molecule has 0 radical (unpaired) electrons.